The van der Waals surface area contributed by atoms with Crippen molar-refractivity contribution in [2.75, 3.05) is 6.54 Å². The molecule has 0 saturated heterocycles. The first-order valence-corrected chi connectivity index (χ1v) is 8.44. The van der Waals surface area contributed by atoms with Gasteiger partial charge in [-0.25, -0.2) is 9.78 Å². The van der Waals surface area contributed by atoms with Gasteiger partial charge < -0.3 is 9.88 Å². The number of amides is 1. The molecule has 1 unspecified atom stereocenters. The first-order valence-electron chi connectivity index (χ1n) is 8.44. The number of carbonyl (C=O) groups excluding carboxylic acids is 1. The molecule has 1 amide bonds. The zero-order valence-corrected chi connectivity index (χ0v) is 15.2. The van der Waals surface area contributed by atoms with E-state index in [0.717, 1.165) is 21.5 Å². The van der Waals surface area contributed by atoms with Crippen molar-refractivity contribution in [3.05, 3.63) is 68.3 Å². The van der Waals surface area contributed by atoms with Gasteiger partial charge in [0, 0.05) is 51.4 Å². The van der Waals surface area contributed by atoms with Gasteiger partial charge in [0.05, 0.1) is 30.5 Å². The van der Waals surface area contributed by atoms with Crippen molar-refractivity contribution in [1.82, 2.24) is 33.8 Å². The smallest absolute Gasteiger partial charge is 0.331 e. The van der Waals surface area contributed by atoms with Gasteiger partial charge >= 0.3 is 5.69 Å². The predicted molar refractivity (Wildman–Crippen MR) is 95.3 cm³/mol. The van der Waals surface area contributed by atoms with Crippen LogP contribution in [-0.2, 0) is 27.7 Å². The molecule has 0 saturated carbocycles. The van der Waals surface area contributed by atoms with Crippen LogP contribution in [-0.4, -0.2) is 46.2 Å². The molecular weight excluding hydrogens is 350 g/mol. The van der Waals surface area contributed by atoms with Crippen molar-refractivity contribution >= 4 is 5.91 Å². The second-order valence-corrected chi connectivity index (χ2v) is 6.72. The van der Waals surface area contributed by atoms with E-state index < -0.39 is 11.2 Å². The fraction of sp³-hybridized carbons (Fsp3) is 0.353. The fourth-order valence-electron chi connectivity index (χ4n) is 3.46. The molecule has 0 fully saturated rings. The summed E-state index contributed by atoms with van der Waals surface area (Å²) in [6.45, 7) is 0.708. The molecule has 0 aliphatic carbocycles. The molecule has 0 spiro atoms. The molecule has 4 rings (SSSR count). The Balaban J connectivity index is 1.74. The number of nitrogens with one attached hydrogen (secondary N) is 1. The third-order valence-electron chi connectivity index (χ3n) is 4.99. The van der Waals surface area contributed by atoms with Gasteiger partial charge in [0.1, 0.15) is 5.69 Å². The number of fused-ring (bicyclic) bond motifs is 1. The van der Waals surface area contributed by atoms with Gasteiger partial charge in [-0.2, -0.15) is 5.10 Å². The van der Waals surface area contributed by atoms with Crippen molar-refractivity contribution in [2.24, 2.45) is 21.1 Å². The number of H-pyrrole nitrogens is 1. The average molecular weight is 369 g/mol. The van der Waals surface area contributed by atoms with Crippen LogP contribution in [0.5, 0.6) is 0 Å². The van der Waals surface area contributed by atoms with Gasteiger partial charge in [0.2, 0.25) is 0 Å². The quantitative estimate of drug-likeness (QED) is 0.644. The van der Waals surface area contributed by atoms with E-state index >= 15 is 0 Å². The molecule has 1 N–H and O–H groups in total. The number of aryl methyl sites for hydroxylation is 1. The summed E-state index contributed by atoms with van der Waals surface area (Å²) in [6, 6.07) is 1.20. The van der Waals surface area contributed by atoms with Crippen LogP contribution in [0.25, 0.3) is 0 Å². The zero-order chi connectivity index (χ0) is 19.3. The number of hydrogen-bond acceptors (Lipinski definition) is 5. The van der Waals surface area contributed by atoms with Crippen LogP contribution in [0.2, 0.25) is 0 Å². The highest BCUT2D eigenvalue weighted by Gasteiger charge is 2.33. The second-order valence-electron chi connectivity index (χ2n) is 6.72. The van der Waals surface area contributed by atoms with E-state index in [9.17, 15) is 14.4 Å². The Morgan fingerprint density at radius 2 is 2.00 bits per heavy atom. The first kappa shape index (κ1) is 17.0. The Bertz CT molecular complexity index is 1150. The minimum Gasteiger partial charge on any atom is -0.347 e. The second kappa shape index (κ2) is 6.08. The minimum atomic E-state index is -0.533. The summed E-state index contributed by atoms with van der Waals surface area (Å²) in [5, 5.41) is 4.21. The van der Waals surface area contributed by atoms with E-state index in [1.807, 2.05) is 13.2 Å². The summed E-state index contributed by atoms with van der Waals surface area (Å²) in [6.07, 6.45) is 5.26. The van der Waals surface area contributed by atoms with Crippen LogP contribution in [0.3, 0.4) is 0 Å². The number of carbonyl (C=O) groups is 1. The summed E-state index contributed by atoms with van der Waals surface area (Å²) < 4.78 is 3.87. The van der Waals surface area contributed by atoms with Crippen molar-refractivity contribution < 1.29 is 4.79 Å². The van der Waals surface area contributed by atoms with Gasteiger partial charge in [-0.05, 0) is 0 Å². The van der Waals surface area contributed by atoms with Gasteiger partial charge in [0.15, 0.2) is 0 Å². The molecule has 1 aliphatic rings. The van der Waals surface area contributed by atoms with E-state index in [1.165, 1.54) is 24.7 Å². The molecule has 3 aromatic heterocycles. The molecule has 4 heterocycles. The molecular formula is C17H19N7O3. The van der Waals surface area contributed by atoms with Crippen LogP contribution in [0, 0.1) is 0 Å². The highest BCUT2D eigenvalue weighted by Crippen LogP contribution is 2.31. The number of hydrogen-bond donors (Lipinski definition) is 1. The number of nitrogens with zero attached hydrogens (tertiary/aromatic N) is 6. The van der Waals surface area contributed by atoms with Crippen molar-refractivity contribution in [3.8, 4) is 0 Å². The highest BCUT2D eigenvalue weighted by molar-refractivity contribution is 5.92. The SMILES string of the molecule is Cn1cc(C2CN(C(=O)c3cc(=O)n(C)c(=O)n3C)Cc3[nH]cnc32)cn1. The maximum atomic E-state index is 13.1. The maximum Gasteiger partial charge on any atom is 0.331 e. The molecule has 0 bridgehead atoms. The van der Waals surface area contributed by atoms with Crippen molar-refractivity contribution in [2.45, 2.75) is 12.5 Å². The molecule has 10 heteroatoms. The largest absolute Gasteiger partial charge is 0.347 e. The van der Waals surface area contributed by atoms with Crippen molar-refractivity contribution in [3.63, 3.8) is 0 Å². The van der Waals surface area contributed by atoms with Gasteiger partial charge in [-0.15, -0.1) is 0 Å². The lowest BCUT2D eigenvalue weighted by Crippen LogP contribution is -2.44. The number of rotatable bonds is 2. The van der Waals surface area contributed by atoms with E-state index in [-0.39, 0.29) is 17.5 Å². The lowest BCUT2D eigenvalue weighted by atomic mass is 9.93. The first-order chi connectivity index (χ1) is 12.9. The monoisotopic (exact) mass is 369 g/mol. The molecule has 0 radical (unpaired) electrons. The van der Waals surface area contributed by atoms with Gasteiger partial charge in [-0.3, -0.25) is 23.4 Å². The standard InChI is InChI=1S/C17H19N7O3/c1-21-6-10(5-20-21)11-7-24(8-12-15(11)19-9-18-12)16(26)13-4-14(25)23(3)17(27)22(13)2/h4-6,9,11H,7-8H2,1-3H3,(H,18,19). The summed E-state index contributed by atoms with van der Waals surface area (Å²) in [5.41, 5.74) is 1.68. The predicted octanol–water partition coefficient (Wildman–Crippen LogP) is -0.671. The normalized spacial score (nSPS) is 16.4. The van der Waals surface area contributed by atoms with Crippen LogP contribution in [0.4, 0.5) is 0 Å². The summed E-state index contributed by atoms with van der Waals surface area (Å²) in [5.74, 6) is -0.511. The summed E-state index contributed by atoms with van der Waals surface area (Å²) in [4.78, 5) is 46.4. The fourth-order valence-corrected chi connectivity index (χ4v) is 3.46. The van der Waals surface area contributed by atoms with E-state index in [4.69, 9.17) is 0 Å². The molecule has 1 aliphatic heterocycles. The average Bonchev–Trinajstić information content (AvgIpc) is 3.30. The third kappa shape index (κ3) is 2.69. The topological polar surface area (TPSA) is 111 Å². The van der Waals surface area contributed by atoms with Crippen molar-refractivity contribution in [1.29, 1.82) is 0 Å². The zero-order valence-electron chi connectivity index (χ0n) is 15.2. The molecule has 0 aromatic carbocycles. The van der Waals surface area contributed by atoms with E-state index in [2.05, 4.69) is 15.1 Å². The minimum absolute atomic E-state index is 0.0657. The highest BCUT2D eigenvalue weighted by atomic mass is 16.2. The number of aromatic amines is 1. The Morgan fingerprint density at radius 1 is 1.22 bits per heavy atom. The third-order valence-corrected chi connectivity index (χ3v) is 4.99. The van der Waals surface area contributed by atoms with E-state index in [1.54, 1.807) is 22.1 Å². The van der Waals surface area contributed by atoms with Crippen LogP contribution >= 0.6 is 0 Å². The molecule has 140 valence electrons. The maximum absolute atomic E-state index is 13.1. The molecule has 3 aromatic rings. The van der Waals surface area contributed by atoms with Crippen LogP contribution in [0.1, 0.15) is 33.4 Å². The van der Waals surface area contributed by atoms with Gasteiger partial charge in [-0.1, -0.05) is 0 Å². The van der Waals surface area contributed by atoms with Crippen LogP contribution in [0.15, 0.2) is 34.4 Å². The molecule has 27 heavy (non-hydrogen) atoms. The summed E-state index contributed by atoms with van der Waals surface area (Å²) in [7, 11) is 4.70. The number of aromatic nitrogens is 6. The van der Waals surface area contributed by atoms with Gasteiger partial charge in [0.25, 0.3) is 11.5 Å². The summed E-state index contributed by atoms with van der Waals surface area (Å²) >= 11 is 0. The van der Waals surface area contributed by atoms with Crippen LogP contribution < -0.4 is 11.2 Å². The Hall–Kier alpha value is -3.43. The Labute approximate surface area is 153 Å². The lowest BCUT2D eigenvalue weighted by molar-refractivity contribution is 0.0709. The van der Waals surface area contributed by atoms with E-state index in [0.29, 0.717) is 13.1 Å². The Morgan fingerprint density at radius 3 is 2.70 bits per heavy atom. The number of imidazole rings is 1. The molecule has 1 atom stereocenters. The molecule has 10 nitrogen and oxygen atoms in total. The Kier molecular flexibility index (Phi) is 3.83. The lowest BCUT2D eigenvalue weighted by Gasteiger charge is -2.32.